The first-order valence-electron chi connectivity index (χ1n) is 9.14. The van der Waals surface area contributed by atoms with E-state index in [0.29, 0.717) is 11.6 Å². The van der Waals surface area contributed by atoms with Crippen LogP contribution in [0, 0.1) is 13.8 Å². The van der Waals surface area contributed by atoms with Gasteiger partial charge >= 0.3 is 0 Å². The maximum atomic E-state index is 11.9. The summed E-state index contributed by atoms with van der Waals surface area (Å²) in [5.41, 5.74) is 4.59. The van der Waals surface area contributed by atoms with Crippen LogP contribution >= 0.6 is 11.3 Å². The molecule has 0 amide bonds. The van der Waals surface area contributed by atoms with Crippen molar-refractivity contribution in [2.45, 2.75) is 32.7 Å². The Labute approximate surface area is 158 Å². The second kappa shape index (κ2) is 6.80. The molecule has 0 spiro atoms. The molecule has 5 heteroatoms. The van der Waals surface area contributed by atoms with Crippen molar-refractivity contribution in [3.05, 3.63) is 47.5 Å². The molecule has 4 nitrogen and oxygen atoms in total. The molecule has 1 saturated heterocycles. The molecule has 0 bridgehead atoms. The van der Waals surface area contributed by atoms with Crippen molar-refractivity contribution in [3.63, 3.8) is 0 Å². The van der Waals surface area contributed by atoms with Crippen LogP contribution in [-0.4, -0.2) is 31.2 Å². The minimum Gasteiger partial charge on any atom is -0.371 e. The molecule has 4 rings (SSSR count). The van der Waals surface area contributed by atoms with E-state index in [1.54, 1.807) is 17.4 Å². The monoisotopic (exact) mass is 366 g/mol. The Kier molecular flexibility index (Phi) is 4.49. The Morgan fingerprint density at radius 3 is 2.58 bits per heavy atom. The lowest BCUT2D eigenvalue weighted by atomic mass is 10.0. The quantitative estimate of drug-likeness (QED) is 0.642. The number of fused-ring (bicyclic) bond motifs is 1. The first-order valence-corrected chi connectivity index (χ1v) is 9.96. The predicted octanol–water partition coefficient (Wildman–Crippen LogP) is 5.16. The van der Waals surface area contributed by atoms with E-state index in [4.69, 9.17) is 0 Å². The summed E-state index contributed by atoms with van der Waals surface area (Å²) in [6, 6.07) is 12.6. The first-order chi connectivity index (χ1) is 12.5. The highest BCUT2D eigenvalue weighted by atomic mass is 32.1. The number of anilines is 2. The van der Waals surface area contributed by atoms with Crippen LogP contribution in [0.5, 0.6) is 5.75 Å². The molecular formula is C21H24N3OS. The number of benzene rings is 2. The highest BCUT2D eigenvalue weighted by Crippen LogP contribution is 2.35. The van der Waals surface area contributed by atoms with Gasteiger partial charge in [-0.25, -0.2) is 4.98 Å². The number of nitrogens with zero attached hydrogens (tertiary/aromatic N) is 3. The standard InChI is InChI=1S/C21H24N3OS/c1-14-7-8-17(13-15(14)2)23(3)16-9-11-24(12-10-16)21-22-20-18(25)5-4-6-19(20)26-21/h4-8,13,16H,9-12H2,1-3H3. The minimum atomic E-state index is 0.0226. The van der Waals surface area contributed by atoms with Crippen LogP contribution in [0.2, 0.25) is 0 Å². The fourth-order valence-electron chi connectivity index (χ4n) is 3.65. The van der Waals surface area contributed by atoms with Gasteiger partial charge in [-0.1, -0.05) is 23.5 Å². The normalized spacial score (nSPS) is 15.6. The molecule has 1 aromatic heterocycles. The van der Waals surface area contributed by atoms with Crippen molar-refractivity contribution in [2.24, 2.45) is 0 Å². The fourth-order valence-corrected chi connectivity index (χ4v) is 4.68. The van der Waals surface area contributed by atoms with Gasteiger partial charge in [0.1, 0.15) is 5.52 Å². The second-order valence-electron chi connectivity index (χ2n) is 7.20. The zero-order valence-corrected chi connectivity index (χ0v) is 16.3. The fraction of sp³-hybridized carbons (Fsp3) is 0.381. The summed E-state index contributed by atoms with van der Waals surface area (Å²) in [4.78, 5) is 9.35. The third-order valence-electron chi connectivity index (χ3n) is 5.55. The lowest BCUT2D eigenvalue weighted by molar-refractivity contribution is 0.359. The maximum Gasteiger partial charge on any atom is 0.205 e. The molecule has 1 fully saturated rings. The van der Waals surface area contributed by atoms with Crippen molar-refractivity contribution in [1.82, 2.24) is 4.98 Å². The van der Waals surface area contributed by atoms with E-state index in [1.165, 1.54) is 16.8 Å². The SMILES string of the molecule is Cc1ccc(N(C)C2CCN(c3nc4c([O])cccc4s3)CC2)cc1C. The van der Waals surface area contributed by atoms with E-state index >= 15 is 0 Å². The number of hydrogen-bond acceptors (Lipinski definition) is 4. The Hall–Kier alpha value is -2.27. The zero-order chi connectivity index (χ0) is 18.3. The van der Waals surface area contributed by atoms with Crippen LogP contribution in [0.25, 0.3) is 10.2 Å². The molecule has 0 saturated carbocycles. The van der Waals surface area contributed by atoms with E-state index in [-0.39, 0.29) is 5.75 Å². The Bertz CT molecular complexity index is 928. The lowest BCUT2D eigenvalue weighted by Gasteiger charge is -2.38. The Morgan fingerprint density at radius 2 is 1.88 bits per heavy atom. The number of aromatic nitrogens is 1. The van der Waals surface area contributed by atoms with Crippen molar-refractivity contribution in [1.29, 1.82) is 0 Å². The predicted molar refractivity (Wildman–Crippen MR) is 109 cm³/mol. The Morgan fingerprint density at radius 1 is 1.12 bits per heavy atom. The molecule has 135 valence electrons. The van der Waals surface area contributed by atoms with Crippen LogP contribution in [0.15, 0.2) is 36.4 Å². The van der Waals surface area contributed by atoms with E-state index in [9.17, 15) is 5.11 Å². The van der Waals surface area contributed by atoms with E-state index in [2.05, 4.69) is 53.9 Å². The van der Waals surface area contributed by atoms with Gasteiger partial charge in [0.2, 0.25) is 5.75 Å². The molecule has 1 aliphatic heterocycles. The molecule has 0 aliphatic carbocycles. The third kappa shape index (κ3) is 3.12. The molecule has 2 heterocycles. The topological polar surface area (TPSA) is 39.3 Å². The van der Waals surface area contributed by atoms with Crippen molar-refractivity contribution in [2.75, 3.05) is 29.9 Å². The van der Waals surface area contributed by atoms with Crippen LogP contribution in [-0.2, 0) is 5.11 Å². The molecule has 1 radical (unpaired) electrons. The molecule has 26 heavy (non-hydrogen) atoms. The van der Waals surface area contributed by atoms with Gasteiger partial charge in [0.05, 0.1) is 4.70 Å². The maximum absolute atomic E-state index is 11.9. The molecule has 1 aliphatic rings. The van der Waals surface area contributed by atoms with Crippen molar-refractivity contribution in [3.8, 4) is 5.75 Å². The largest absolute Gasteiger partial charge is 0.371 e. The number of piperidine rings is 1. The number of aryl methyl sites for hydroxylation is 2. The van der Waals surface area contributed by atoms with Crippen molar-refractivity contribution >= 4 is 32.4 Å². The van der Waals surface area contributed by atoms with Gasteiger partial charge in [0.25, 0.3) is 0 Å². The van der Waals surface area contributed by atoms with Gasteiger partial charge in [0.15, 0.2) is 5.13 Å². The summed E-state index contributed by atoms with van der Waals surface area (Å²) >= 11 is 1.63. The van der Waals surface area contributed by atoms with Gasteiger partial charge in [-0.05, 0) is 62.1 Å². The molecule has 2 aromatic carbocycles. The summed E-state index contributed by atoms with van der Waals surface area (Å²) in [6.45, 7) is 6.29. The van der Waals surface area contributed by atoms with Gasteiger partial charge in [0, 0.05) is 31.9 Å². The number of thiazole rings is 1. The molecule has 0 unspecified atom stereocenters. The van der Waals surface area contributed by atoms with Crippen LogP contribution in [0.4, 0.5) is 10.8 Å². The van der Waals surface area contributed by atoms with E-state index in [0.717, 1.165) is 35.8 Å². The lowest BCUT2D eigenvalue weighted by Crippen LogP contribution is -2.43. The van der Waals surface area contributed by atoms with E-state index in [1.807, 2.05) is 12.1 Å². The van der Waals surface area contributed by atoms with Gasteiger partial charge in [-0.2, -0.15) is 0 Å². The van der Waals surface area contributed by atoms with Gasteiger partial charge in [-0.3, -0.25) is 5.11 Å². The number of para-hydroxylation sites is 1. The first kappa shape index (κ1) is 17.2. The molecule has 0 atom stereocenters. The molecule has 0 N–H and O–H groups in total. The van der Waals surface area contributed by atoms with Crippen molar-refractivity contribution < 1.29 is 5.11 Å². The summed E-state index contributed by atoms with van der Waals surface area (Å²) < 4.78 is 0.988. The van der Waals surface area contributed by atoms with E-state index < -0.39 is 0 Å². The minimum absolute atomic E-state index is 0.0226. The Balaban J connectivity index is 1.46. The van der Waals surface area contributed by atoms with Crippen LogP contribution in [0.1, 0.15) is 24.0 Å². The highest BCUT2D eigenvalue weighted by Gasteiger charge is 2.25. The van der Waals surface area contributed by atoms with Crippen LogP contribution in [0.3, 0.4) is 0 Å². The number of rotatable bonds is 3. The number of hydrogen-bond donors (Lipinski definition) is 0. The van der Waals surface area contributed by atoms with Gasteiger partial charge < -0.3 is 9.80 Å². The zero-order valence-electron chi connectivity index (χ0n) is 15.5. The molecule has 3 aromatic rings. The average Bonchev–Trinajstić information content (AvgIpc) is 3.09. The third-order valence-corrected chi connectivity index (χ3v) is 6.63. The van der Waals surface area contributed by atoms with Gasteiger partial charge in [-0.15, -0.1) is 0 Å². The molecular weight excluding hydrogens is 342 g/mol. The van der Waals surface area contributed by atoms with Crippen LogP contribution < -0.4 is 9.80 Å². The second-order valence-corrected chi connectivity index (χ2v) is 8.21. The average molecular weight is 367 g/mol. The summed E-state index contributed by atoms with van der Waals surface area (Å²) in [7, 11) is 2.20. The summed E-state index contributed by atoms with van der Waals surface area (Å²) in [5.74, 6) is 0.0226. The summed E-state index contributed by atoms with van der Waals surface area (Å²) in [5, 5.41) is 12.9. The summed E-state index contributed by atoms with van der Waals surface area (Å²) in [6.07, 6.45) is 2.20. The highest BCUT2D eigenvalue weighted by molar-refractivity contribution is 7.22. The smallest absolute Gasteiger partial charge is 0.205 e.